The van der Waals surface area contributed by atoms with E-state index >= 15 is 0 Å². The Hall–Kier alpha value is -1.74. The summed E-state index contributed by atoms with van der Waals surface area (Å²) in [6.07, 6.45) is 1.03. The fourth-order valence-corrected chi connectivity index (χ4v) is 2.27. The zero-order valence-corrected chi connectivity index (χ0v) is 12.8. The lowest BCUT2D eigenvalue weighted by Gasteiger charge is -2.12. The second kappa shape index (κ2) is 6.26. The summed E-state index contributed by atoms with van der Waals surface area (Å²) in [6, 6.07) is 16.2. The predicted octanol–water partition coefficient (Wildman–Crippen LogP) is 2.49. The molecule has 0 unspecified atom stereocenters. The molecule has 0 radical (unpaired) electrons. The van der Waals surface area contributed by atoms with Gasteiger partial charge in [0.2, 0.25) is 10.5 Å². The molecule has 0 aliphatic carbocycles. The average molecular weight is 258 g/mol. The molecule has 0 spiro atoms. The van der Waals surface area contributed by atoms with Gasteiger partial charge in [0.15, 0.2) is 5.75 Å². The summed E-state index contributed by atoms with van der Waals surface area (Å²) < 4.78 is 11.3. The first-order valence-corrected chi connectivity index (χ1v) is 6.99. The number of hydrogen-bond acceptors (Lipinski definition) is 2. The maximum Gasteiger partial charge on any atom is 0.204 e. The zero-order valence-electron chi connectivity index (χ0n) is 10.8. The molecule has 0 fully saturated rings. The van der Waals surface area contributed by atoms with Gasteiger partial charge in [-0.3, -0.25) is 0 Å². The molecule has 0 atom stereocenters. The van der Waals surface area contributed by atoms with Gasteiger partial charge in [0, 0.05) is 0 Å². The molecule has 0 aliphatic rings. The number of hydrogen-bond donors (Lipinski definition) is 0. The highest BCUT2D eigenvalue weighted by atomic mass is 28.2. The van der Waals surface area contributed by atoms with Crippen molar-refractivity contribution < 1.29 is 9.16 Å². The van der Waals surface area contributed by atoms with Crippen LogP contribution in [0.5, 0.6) is 11.5 Å². The Morgan fingerprint density at radius 3 is 2.17 bits per heavy atom. The minimum atomic E-state index is 0.589. The van der Waals surface area contributed by atoms with Gasteiger partial charge in [0.25, 0.3) is 0 Å². The summed E-state index contributed by atoms with van der Waals surface area (Å²) in [4.78, 5) is 0. The van der Waals surface area contributed by atoms with Gasteiger partial charge < -0.3 is 9.16 Å². The van der Waals surface area contributed by atoms with E-state index in [9.17, 15) is 0 Å². The van der Waals surface area contributed by atoms with Crippen molar-refractivity contribution in [1.29, 1.82) is 0 Å². The number of aryl methyl sites for hydroxylation is 1. The topological polar surface area (TPSA) is 18.5 Å². The standard InChI is InChI=1S/C15H18O2Si/c1-2-12-7-3-4-8-13(12)11-16-14-9-5-6-10-15(14)17-18/h3-10H,2,11H2,1,18H3. The molecule has 2 rings (SSSR count). The zero-order chi connectivity index (χ0) is 12.8. The van der Waals surface area contributed by atoms with Crippen LogP contribution in [-0.2, 0) is 13.0 Å². The van der Waals surface area contributed by atoms with Gasteiger partial charge in [0.1, 0.15) is 12.4 Å². The van der Waals surface area contributed by atoms with Crippen molar-refractivity contribution in [3.05, 3.63) is 59.7 Å². The smallest absolute Gasteiger partial charge is 0.204 e. The Balaban J connectivity index is 2.11. The number of rotatable bonds is 5. The molecule has 18 heavy (non-hydrogen) atoms. The lowest BCUT2D eigenvalue weighted by atomic mass is 10.1. The quantitative estimate of drug-likeness (QED) is 0.767. The second-order valence-electron chi connectivity index (χ2n) is 4.06. The highest BCUT2D eigenvalue weighted by molar-refractivity contribution is 6.00. The van der Waals surface area contributed by atoms with Crippen molar-refractivity contribution >= 4 is 10.5 Å². The van der Waals surface area contributed by atoms with E-state index in [4.69, 9.17) is 9.16 Å². The Morgan fingerprint density at radius 1 is 0.889 bits per heavy atom. The van der Waals surface area contributed by atoms with E-state index in [0.717, 1.165) is 17.9 Å². The van der Waals surface area contributed by atoms with Crippen LogP contribution in [0, 0.1) is 0 Å². The first-order chi connectivity index (χ1) is 8.85. The van der Waals surface area contributed by atoms with E-state index < -0.39 is 0 Å². The van der Waals surface area contributed by atoms with E-state index in [1.54, 1.807) is 0 Å². The monoisotopic (exact) mass is 258 g/mol. The lowest BCUT2D eigenvalue weighted by Crippen LogP contribution is -2.00. The van der Waals surface area contributed by atoms with Crippen LogP contribution < -0.4 is 9.16 Å². The molecular weight excluding hydrogens is 240 g/mol. The summed E-state index contributed by atoms with van der Waals surface area (Å²) in [6.45, 7) is 2.75. The normalized spacial score (nSPS) is 10.3. The number of benzene rings is 2. The maximum absolute atomic E-state index is 5.85. The van der Waals surface area contributed by atoms with E-state index in [-0.39, 0.29) is 0 Å². The Kier molecular flexibility index (Phi) is 4.42. The third-order valence-corrected chi connectivity index (χ3v) is 3.39. The van der Waals surface area contributed by atoms with Crippen LogP contribution in [0.3, 0.4) is 0 Å². The minimum absolute atomic E-state index is 0.589. The van der Waals surface area contributed by atoms with E-state index in [0.29, 0.717) is 17.1 Å². The lowest BCUT2D eigenvalue weighted by molar-refractivity contribution is 0.296. The predicted molar refractivity (Wildman–Crippen MR) is 77.2 cm³/mol. The molecular formula is C15H18O2Si. The molecule has 94 valence electrons. The van der Waals surface area contributed by atoms with Crippen LogP contribution in [0.1, 0.15) is 18.1 Å². The summed E-state index contributed by atoms with van der Waals surface area (Å²) >= 11 is 0. The van der Waals surface area contributed by atoms with Crippen molar-refractivity contribution in [2.45, 2.75) is 20.0 Å². The fraction of sp³-hybridized carbons (Fsp3) is 0.200. The summed E-state index contributed by atoms with van der Waals surface area (Å²) in [5.74, 6) is 1.65. The number of ether oxygens (including phenoxy) is 1. The van der Waals surface area contributed by atoms with Crippen LogP contribution in [-0.4, -0.2) is 10.5 Å². The highest BCUT2D eigenvalue weighted by Gasteiger charge is 2.04. The van der Waals surface area contributed by atoms with Crippen LogP contribution >= 0.6 is 0 Å². The molecule has 0 heterocycles. The van der Waals surface area contributed by atoms with Gasteiger partial charge in [0.05, 0.1) is 0 Å². The Bertz CT molecular complexity index is 464. The van der Waals surface area contributed by atoms with Crippen molar-refractivity contribution in [2.24, 2.45) is 0 Å². The van der Waals surface area contributed by atoms with Crippen molar-refractivity contribution in [3.63, 3.8) is 0 Å². The maximum atomic E-state index is 5.85. The van der Waals surface area contributed by atoms with Gasteiger partial charge >= 0.3 is 0 Å². The largest absolute Gasteiger partial charge is 0.551 e. The van der Waals surface area contributed by atoms with Crippen LogP contribution in [0.25, 0.3) is 0 Å². The fourth-order valence-electron chi connectivity index (χ4n) is 1.94. The van der Waals surface area contributed by atoms with Crippen molar-refractivity contribution in [3.8, 4) is 11.5 Å². The van der Waals surface area contributed by atoms with Gasteiger partial charge in [-0.1, -0.05) is 43.3 Å². The molecule has 2 aromatic rings. The van der Waals surface area contributed by atoms with Gasteiger partial charge in [-0.15, -0.1) is 0 Å². The van der Waals surface area contributed by atoms with E-state index in [2.05, 4.69) is 25.1 Å². The van der Waals surface area contributed by atoms with Gasteiger partial charge in [-0.2, -0.15) is 0 Å². The molecule has 3 heteroatoms. The van der Waals surface area contributed by atoms with Gasteiger partial charge in [-0.05, 0) is 29.7 Å². The van der Waals surface area contributed by atoms with Crippen LogP contribution in [0.2, 0.25) is 0 Å². The van der Waals surface area contributed by atoms with E-state index in [1.165, 1.54) is 11.1 Å². The molecule has 0 N–H and O–H groups in total. The summed E-state index contributed by atoms with van der Waals surface area (Å²) in [5.41, 5.74) is 2.57. The number of para-hydroxylation sites is 2. The summed E-state index contributed by atoms with van der Waals surface area (Å²) in [5, 5.41) is 0. The SMILES string of the molecule is CCc1ccccc1COc1ccccc1O[SiH3]. The highest BCUT2D eigenvalue weighted by Crippen LogP contribution is 2.26. The molecule has 0 aliphatic heterocycles. The molecule has 0 aromatic heterocycles. The summed E-state index contributed by atoms with van der Waals surface area (Å²) in [7, 11) is 0.671. The second-order valence-corrected chi connectivity index (χ2v) is 4.47. The van der Waals surface area contributed by atoms with Crippen LogP contribution in [0.15, 0.2) is 48.5 Å². The molecule has 2 aromatic carbocycles. The third kappa shape index (κ3) is 2.93. The first kappa shape index (κ1) is 12.7. The molecule has 0 amide bonds. The van der Waals surface area contributed by atoms with Crippen molar-refractivity contribution in [1.82, 2.24) is 0 Å². The average Bonchev–Trinajstić information content (AvgIpc) is 2.45. The van der Waals surface area contributed by atoms with E-state index in [1.807, 2.05) is 30.3 Å². The molecule has 0 bridgehead atoms. The first-order valence-electron chi connectivity index (χ1n) is 6.17. The minimum Gasteiger partial charge on any atom is -0.551 e. The van der Waals surface area contributed by atoms with Gasteiger partial charge in [-0.25, -0.2) is 0 Å². The molecule has 2 nitrogen and oxygen atoms in total. The Morgan fingerprint density at radius 2 is 1.50 bits per heavy atom. The van der Waals surface area contributed by atoms with Crippen molar-refractivity contribution in [2.75, 3.05) is 0 Å². The molecule has 0 saturated carbocycles. The Labute approximate surface area is 111 Å². The van der Waals surface area contributed by atoms with Crippen LogP contribution in [0.4, 0.5) is 0 Å². The third-order valence-electron chi connectivity index (χ3n) is 2.95. The molecule has 0 saturated heterocycles.